The fraction of sp³-hybridized carbons (Fsp3) is 0.294. The molecule has 1 aliphatic carbocycles. The summed E-state index contributed by atoms with van der Waals surface area (Å²) in [7, 11) is 0. The van der Waals surface area contributed by atoms with E-state index < -0.39 is 0 Å². The molecule has 0 amide bonds. The number of nitrogens with zero attached hydrogens (tertiary/aromatic N) is 5. The van der Waals surface area contributed by atoms with Crippen LogP contribution in [-0.2, 0) is 19.4 Å². The molecule has 0 bridgehead atoms. The lowest BCUT2D eigenvalue weighted by atomic mass is 10.0. The van der Waals surface area contributed by atoms with E-state index in [0.717, 1.165) is 31.5 Å². The van der Waals surface area contributed by atoms with Crippen LogP contribution < -0.4 is 0 Å². The Hall–Kier alpha value is -2.76. The predicted octanol–water partition coefficient (Wildman–Crippen LogP) is 2.40. The molecule has 4 rings (SSSR count). The number of tetrazole rings is 1. The van der Waals surface area contributed by atoms with Crippen LogP contribution in [0.3, 0.4) is 0 Å². The highest BCUT2D eigenvalue weighted by atomic mass is 15.5. The van der Waals surface area contributed by atoms with E-state index in [9.17, 15) is 0 Å². The van der Waals surface area contributed by atoms with Crippen LogP contribution in [0.15, 0.2) is 43.0 Å². The number of nitrogens with one attached hydrogen (secondary N) is 1. The van der Waals surface area contributed by atoms with E-state index in [0.29, 0.717) is 11.7 Å². The smallest absolute Gasteiger partial charge is 0.225 e. The third-order valence-corrected chi connectivity index (χ3v) is 4.37. The van der Waals surface area contributed by atoms with Gasteiger partial charge in [-0.1, -0.05) is 36.4 Å². The van der Waals surface area contributed by atoms with Crippen LogP contribution in [0.5, 0.6) is 0 Å². The molecule has 1 unspecified atom stereocenters. The molecule has 23 heavy (non-hydrogen) atoms. The second kappa shape index (κ2) is 5.79. The standard InChI is InChI=1S/C17H18N6/c1-2-6-13-9-14-15(10-13)23(11-12-7-4-3-5-8-12)20-16(14)17-18-21-22-19-17/h2-5,7-8,13H,1,6,9-11H2,(H,18,19,21,22). The molecule has 0 radical (unpaired) electrons. The van der Waals surface area contributed by atoms with Gasteiger partial charge in [0.15, 0.2) is 0 Å². The maximum Gasteiger partial charge on any atom is 0.225 e. The van der Waals surface area contributed by atoms with Crippen molar-refractivity contribution in [2.24, 2.45) is 5.92 Å². The molecule has 2 aromatic heterocycles. The summed E-state index contributed by atoms with van der Waals surface area (Å²) in [6.07, 6.45) is 5.05. The summed E-state index contributed by atoms with van der Waals surface area (Å²) >= 11 is 0. The number of allylic oxidation sites excluding steroid dienone is 1. The third-order valence-electron chi connectivity index (χ3n) is 4.37. The van der Waals surface area contributed by atoms with Crippen LogP contribution in [0.25, 0.3) is 11.5 Å². The highest BCUT2D eigenvalue weighted by Crippen LogP contribution is 2.35. The number of fused-ring (bicyclic) bond motifs is 1. The van der Waals surface area contributed by atoms with Crippen molar-refractivity contribution in [3.63, 3.8) is 0 Å². The summed E-state index contributed by atoms with van der Waals surface area (Å²) in [5.74, 6) is 1.17. The van der Waals surface area contributed by atoms with E-state index >= 15 is 0 Å². The number of rotatable bonds is 5. The number of hydrogen-bond donors (Lipinski definition) is 1. The molecule has 116 valence electrons. The molecule has 0 spiro atoms. The van der Waals surface area contributed by atoms with Gasteiger partial charge in [-0.25, -0.2) is 0 Å². The first-order valence-corrected chi connectivity index (χ1v) is 7.82. The highest BCUT2D eigenvalue weighted by molar-refractivity contribution is 5.57. The van der Waals surface area contributed by atoms with Crippen molar-refractivity contribution < 1.29 is 0 Å². The SMILES string of the molecule is C=CCC1Cc2c(-c3nn[nH]n3)nn(Cc3ccccc3)c2C1. The Labute approximate surface area is 134 Å². The van der Waals surface area contributed by atoms with Crippen molar-refractivity contribution in [2.45, 2.75) is 25.8 Å². The van der Waals surface area contributed by atoms with Crippen LogP contribution in [-0.4, -0.2) is 30.4 Å². The summed E-state index contributed by atoms with van der Waals surface area (Å²) in [6.45, 7) is 4.64. The monoisotopic (exact) mass is 306 g/mol. The average molecular weight is 306 g/mol. The van der Waals surface area contributed by atoms with Gasteiger partial charge in [0.25, 0.3) is 0 Å². The molecular formula is C17H18N6. The molecule has 0 saturated heterocycles. The first kappa shape index (κ1) is 13.9. The van der Waals surface area contributed by atoms with Gasteiger partial charge >= 0.3 is 0 Å². The second-order valence-electron chi connectivity index (χ2n) is 5.95. The van der Waals surface area contributed by atoms with Crippen molar-refractivity contribution >= 4 is 0 Å². The van der Waals surface area contributed by atoms with Crippen LogP contribution >= 0.6 is 0 Å². The number of aromatic nitrogens is 6. The Morgan fingerprint density at radius 3 is 2.87 bits per heavy atom. The first-order chi connectivity index (χ1) is 11.3. The topological polar surface area (TPSA) is 72.3 Å². The van der Waals surface area contributed by atoms with E-state index in [1.165, 1.54) is 16.8 Å². The average Bonchev–Trinajstić information content (AvgIpc) is 3.27. The number of H-pyrrole nitrogens is 1. The van der Waals surface area contributed by atoms with Gasteiger partial charge in [0, 0.05) is 11.3 Å². The van der Waals surface area contributed by atoms with Gasteiger partial charge in [0.1, 0.15) is 5.69 Å². The van der Waals surface area contributed by atoms with Crippen LogP contribution in [0, 0.1) is 5.92 Å². The summed E-state index contributed by atoms with van der Waals surface area (Å²) in [5, 5.41) is 19.2. The van der Waals surface area contributed by atoms with E-state index in [1.807, 2.05) is 12.1 Å². The van der Waals surface area contributed by atoms with Gasteiger partial charge in [-0.15, -0.1) is 16.8 Å². The van der Waals surface area contributed by atoms with Crippen LogP contribution in [0.4, 0.5) is 0 Å². The molecule has 3 aromatic rings. The van der Waals surface area contributed by atoms with Gasteiger partial charge in [-0.3, -0.25) is 4.68 Å². The maximum atomic E-state index is 4.77. The van der Waals surface area contributed by atoms with Crippen molar-refractivity contribution in [3.05, 3.63) is 59.8 Å². The molecule has 6 heteroatoms. The molecule has 2 heterocycles. The summed E-state index contributed by atoms with van der Waals surface area (Å²) in [6, 6.07) is 10.4. The Bertz CT molecular complexity index is 803. The lowest BCUT2D eigenvalue weighted by Crippen LogP contribution is -2.08. The number of hydrogen-bond acceptors (Lipinski definition) is 4. The maximum absolute atomic E-state index is 4.77. The lowest BCUT2D eigenvalue weighted by molar-refractivity contribution is 0.540. The van der Waals surface area contributed by atoms with Crippen molar-refractivity contribution in [2.75, 3.05) is 0 Å². The van der Waals surface area contributed by atoms with Gasteiger partial charge < -0.3 is 0 Å². The molecule has 0 saturated carbocycles. The van der Waals surface area contributed by atoms with E-state index in [-0.39, 0.29) is 0 Å². The minimum Gasteiger partial charge on any atom is -0.264 e. The molecule has 1 aliphatic rings. The Morgan fingerprint density at radius 1 is 1.26 bits per heavy atom. The van der Waals surface area contributed by atoms with Crippen molar-refractivity contribution in [1.29, 1.82) is 0 Å². The van der Waals surface area contributed by atoms with Crippen LogP contribution in [0.2, 0.25) is 0 Å². The summed E-state index contributed by atoms with van der Waals surface area (Å²) in [4.78, 5) is 0. The Balaban J connectivity index is 1.73. The second-order valence-corrected chi connectivity index (χ2v) is 5.95. The summed E-state index contributed by atoms with van der Waals surface area (Å²) < 4.78 is 2.10. The molecule has 1 atom stereocenters. The minimum atomic E-state index is 0.576. The Morgan fingerprint density at radius 2 is 2.13 bits per heavy atom. The molecule has 0 fully saturated rings. The van der Waals surface area contributed by atoms with Gasteiger partial charge in [-0.2, -0.15) is 10.3 Å². The fourth-order valence-electron chi connectivity index (χ4n) is 3.34. The largest absolute Gasteiger partial charge is 0.264 e. The zero-order chi connectivity index (χ0) is 15.6. The molecule has 6 nitrogen and oxygen atoms in total. The molecular weight excluding hydrogens is 288 g/mol. The zero-order valence-corrected chi connectivity index (χ0v) is 12.8. The Kier molecular flexibility index (Phi) is 3.49. The van der Waals surface area contributed by atoms with Gasteiger partial charge in [0.2, 0.25) is 5.82 Å². The fourth-order valence-corrected chi connectivity index (χ4v) is 3.34. The zero-order valence-electron chi connectivity index (χ0n) is 12.8. The normalized spacial score (nSPS) is 16.4. The lowest BCUT2D eigenvalue weighted by Gasteiger charge is -2.08. The van der Waals surface area contributed by atoms with E-state index in [1.54, 1.807) is 0 Å². The van der Waals surface area contributed by atoms with Crippen molar-refractivity contribution in [3.8, 4) is 11.5 Å². The molecule has 1 N–H and O–H groups in total. The number of aromatic amines is 1. The van der Waals surface area contributed by atoms with Crippen LogP contribution in [0.1, 0.15) is 23.2 Å². The number of benzene rings is 1. The molecule has 0 aliphatic heterocycles. The van der Waals surface area contributed by atoms with Crippen molar-refractivity contribution in [1.82, 2.24) is 30.4 Å². The molecule has 1 aromatic carbocycles. The first-order valence-electron chi connectivity index (χ1n) is 7.82. The highest BCUT2D eigenvalue weighted by Gasteiger charge is 2.30. The van der Waals surface area contributed by atoms with Gasteiger partial charge in [-0.05, 0) is 36.0 Å². The minimum absolute atomic E-state index is 0.576. The summed E-state index contributed by atoms with van der Waals surface area (Å²) in [5.41, 5.74) is 4.65. The van der Waals surface area contributed by atoms with Gasteiger partial charge in [0.05, 0.1) is 6.54 Å². The van der Waals surface area contributed by atoms with E-state index in [4.69, 9.17) is 5.10 Å². The van der Waals surface area contributed by atoms with E-state index in [2.05, 4.69) is 56.2 Å². The third kappa shape index (κ3) is 2.56. The quantitative estimate of drug-likeness (QED) is 0.735. The predicted molar refractivity (Wildman–Crippen MR) is 86.7 cm³/mol.